The van der Waals surface area contributed by atoms with Gasteiger partial charge in [0.15, 0.2) is 0 Å². The van der Waals surface area contributed by atoms with Gasteiger partial charge < -0.3 is 14.9 Å². The molecule has 1 N–H and O–H groups in total. The van der Waals surface area contributed by atoms with Gasteiger partial charge in [0.25, 0.3) is 0 Å². The second-order valence-electron chi connectivity index (χ2n) is 6.41. The van der Waals surface area contributed by atoms with E-state index in [1.807, 2.05) is 9.80 Å². The molecule has 2 amide bonds. The topological polar surface area (TPSA) is 64.1 Å². The minimum absolute atomic E-state index is 0.0781. The van der Waals surface area contributed by atoms with E-state index in [1.54, 1.807) is 11.8 Å². The normalized spacial score (nSPS) is 26.3. The van der Waals surface area contributed by atoms with Crippen LogP contribution < -0.4 is 0 Å². The van der Waals surface area contributed by atoms with E-state index >= 15 is 0 Å². The van der Waals surface area contributed by atoms with Crippen LogP contribution in [0.1, 0.15) is 19.8 Å². The van der Waals surface area contributed by atoms with Gasteiger partial charge in [-0.1, -0.05) is 0 Å². The second kappa shape index (κ2) is 5.00. The van der Waals surface area contributed by atoms with E-state index in [0.29, 0.717) is 51.7 Å². The molecule has 0 atom stereocenters. The van der Waals surface area contributed by atoms with Gasteiger partial charge in [-0.2, -0.15) is 0 Å². The van der Waals surface area contributed by atoms with Gasteiger partial charge in [-0.3, -0.25) is 14.5 Å². The van der Waals surface area contributed by atoms with E-state index in [1.165, 1.54) is 0 Å². The Hall–Kier alpha value is -1.14. The molecular formula is C14H23N3O3. The Kier molecular flexibility index (Phi) is 3.46. The minimum Gasteiger partial charge on any atom is -0.387 e. The number of carbonyl (C=O) groups is 2. The van der Waals surface area contributed by atoms with Crippen LogP contribution in [0, 0.1) is 5.92 Å². The van der Waals surface area contributed by atoms with Gasteiger partial charge in [0, 0.05) is 46.2 Å². The number of rotatable bonds is 3. The first-order valence-electron chi connectivity index (χ1n) is 7.46. The molecule has 2 saturated heterocycles. The highest BCUT2D eigenvalue weighted by atomic mass is 16.3. The zero-order chi connectivity index (χ0) is 14.3. The largest absolute Gasteiger partial charge is 0.387 e. The maximum Gasteiger partial charge on any atom is 0.236 e. The van der Waals surface area contributed by atoms with Crippen molar-refractivity contribution in [3.05, 3.63) is 0 Å². The molecule has 3 fully saturated rings. The molecule has 1 saturated carbocycles. The van der Waals surface area contributed by atoms with Crippen LogP contribution in [0.15, 0.2) is 0 Å². The van der Waals surface area contributed by atoms with E-state index in [9.17, 15) is 14.7 Å². The molecule has 0 unspecified atom stereocenters. The second-order valence-corrected chi connectivity index (χ2v) is 6.41. The Morgan fingerprint density at radius 1 is 1.10 bits per heavy atom. The van der Waals surface area contributed by atoms with E-state index in [4.69, 9.17) is 0 Å². The molecule has 112 valence electrons. The first kappa shape index (κ1) is 13.8. The summed E-state index contributed by atoms with van der Waals surface area (Å²) in [6.45, 7) is 5.75. The van der Waals surface area contributed by atoms with E-state index in [-0.39, 0.29) is 11.8 Å². The van der Waals surface area contributed by atoms with Gasteiger partial charge in [-0.25, -0.2) is 0 Å². The predicted molar refractivity (Wildman–Crippen MR) is 72.9 cm³/mol. The van der Waals surface area contributed by atoms with Crippen LogP contribution in [0.25, 0.3) is 0 Å². The van der Waals surface area contributed by atoms with Crippen LogP contribution in [0.5, 0.6) is 0 Å². The molecule has 20 heavy (non-hydrogen) atoms. The predicted octanol–water partition coefficient (Wildman–Crippen LogP) is -0.866. The SMILES string of the molecule is CC(=O)N1CCN(C(=O)CN2CC(O)(C3CC3)C2)CC1. The summed E-state index contributed by atoms with van der Waals surface area (Å²) in [5.41, 5.74) is -0.520. The molecule has 1 aliphatic carbocycles. The molecule has 6 nitrogen and oxygen atoms in total. The molecule has 3 rings (SSSR count). The summed E-state index contributed by atoms with van der Waals surface area (Å²) < 4.78 is 0. The summed E-state index contributed by atoms with van der Waals surface area (Å²) >= 11 is 0. The van der Waals surface area contributed by atoms with Crippen molar-refractivity contribution in [3.63, 3.8) is 0 Å². The zero-order valence-corrected chi connectivity index (χ0v) is 12.0. The Balaban J connectivity index is 1.41. The molecule has 2 aliphatic heterocycles. The third-order valence-corrected chi connectivity index (χ3v) is 4.77. The Labute approximate surface area is 119 Å². The number of piperazine rings is 1. The Morgan fingerprint density at radius 2 is 1.65 bits per heavy atom. The van der Waals surface area contributed by atoms with Crippen LogP contribution >= 0.6 is 0 Å². The van der Waals surface area contributed by atoms with Crippen molar-refractivity contribution >= 4 is 11.8 Å². The minimum atomic E-state index is -0.520. The van der Waals surface area contributed by atoms with E-state index in [2.05, 4.69) is 0 Å². The van der Waals surface area contributed by atoms with Gasteiger partial charge in [0.1, 0.15) is 0 Å². The quantitative estimate of drug-likeness (QED) is 0.731. The molecule has 2 heterocycles. The number of β-amino-alcohol motifs (C(OH)–C–C–N with tert-alkyl or cyclic N) is 1. The monoisotopic (exact) mass is 281 g/mol. The highest BCUT2D eigenvalue weighted by molar-refractivity contribution is 5.79. The number of amides is 2. The fourth-order valence-corrected chi connectivity index (χ4v) is 3.28. The summed E-state index contributed by atoms with van der Waals surface area (Å²) in [6, 6.07) is 0. The van der Waals surface area contributed by atoms with Crippen LogP contribution in [-0.4, -0.2) is 83.0 Å². The van der Waals surface area contributed by atoms with Crippen LogP contribution in [0.4, 0.5) is 0 Å². The fourth-order valence-electron chi connectivity index (χ4n) is 3.28. The highest BCUT2D eigenvalue weighted by Crippen LogP contribution is 2.44. The van der Waals surface area contributed by atoms with Crippen molar-refractivity contribution in [2.75, 3.05) is 45.8 Å². The highest BCUT2D eigenvalue weighted by Gasteiger charge is 2.52. The molecule has 0 radical (unpaired) electrons. The van der Waals surface area contributed by atoms with Crippen molar-refractivity contribution < 1.29 is 14.7 Å². The maximum absolute atomic E-state index is 12.2. The van der Waals surface area contributed by atoms with Crippen LogP contribution in [0.3, 0.4) is 0 Å². The molecule has 3 aliphatic rings. The van der Waals surface area contributed by atoms with Crippen molar-refractivity contribution in [2.24, 2.45) is 5.92 Å². The maximum atomic E-state index is 12.2. The third-order valence-electron chi connectivity index (χ3n) is 4.77. The van der Waals surface area contributed by atoms with E-state index < -0.39 is 5.60 Å². The average molecular weight is 281 g/mol. The lowest BCUT2D eigenvalue weighted by Crippen LogP contribution is -2.65. The lowest BCUT2D eigenvalue weighted by atomic mass is 9.89. The van der Waals surface area contributed by atoms with Crippen molar-refractivity contribution in [3.8, 4) is 0 Å². The third kappa shape index (κ3) is 2.67. The summed E-state index contributed by atoms with van der Waals surface area (Å²) in [5, 5.41) is 10.2. The molecule has 0 bridgehead atoms. The lowest BCUT2D eigenvalue weighted by molar-refractivity contribution is -0.148. The van der Waals surface area contributed by atoms with Gasteiger partial charge >= 0.3 is 0 Å². The summed E-state index contributed by atoms with van der Waals surface area (Å²) in [7, 11) is 0. The fraction of sp³-hybridized carbons (Fsp3) is 0.857. The number of likely N-dealkylation sites (tertiary alicyclic amines) is 1. The summed E-state index contributed by atoms with van der Waals surface area (Å²) in [4.78, 5) is 29.0. The number of nitrogens with zero attached hydrogens (tertiary/aromatic N) is 3. The first-order chi connectivity index (χ1) is 9.48. The zero-order valence-electron chi connectivity index (χ0n) is 12.0. The first-order valence-corrected chi connectivity index (χ1v) is 7.46. The molecule has 0 spiro atoms. The van der Waals surface area contributed by atoms with Gasteiger partial charge in [-0.05, 0) is 18.8 Å². The molecule has 0 aromatic heterocycles. The van der Waals surface area contributed by atoms with Crippen molar-refractivity contribution in [1.82, 2.24) is 14.7 Å². The molecule has 0 aromatic rings. The molecule has 6 heteroatoms. The Morgan fingerprint density at radius 3 is 2.15 bits per heavy atom. The summed E-state index contributed by atoms with van der Waals surface area (Å²) in [6.07, 6.45) is 2.26. The average Bonchev–Trinajstić information content (AvgIpc) is 3.21. The van der Waals surface area contributed by atoms with Crippen LogP contribution in [-0.2, 0) is 9.59 Å². The van der Waals surface area contributed by atoms with E-state index in [0.717, 1.165) is 12.8 Å². The number of hydrogen-bond acceptors (Lipinski definition) is 4. The van der Waals surface area contributed by atoms with Gasteiger partial charge in [0.05, 0.1) is 12.1 Å². The van der Waals surface area contributed by atoms with Crippen LogP contribution in [0.2, 0.25) is 0 Å². The molecular weight excluding hydrogens is 258 g/mol. The standard InChI is InChI=1S/C14H23N3O3/c1-11(18)16-4-6-17(7-5-16)13(19)8-15-9-14(20,10-15)12-2-3-12/h12,20H,2-10H2,1H3. The smallest absolute Gasteiger partial charge is 0.236 e. The van der Waals surface area contributed by atoms with Gasteiger partial charge in [0.2, 0.25) is 11.8 Å². The summed E-state index contributed by atoms with van der Waals surface area (Å²) in [5.74, 6) is 0.661. The molecule has 0 aromatic carbocycles. The van der Waals surface area contributed by atoms with Crippen molar-refractivity contribution in [1.29, 1.82) is 0 Å². The van der Waals surface area contributed by atoms with Crippen molar-refractivity contribution in [2.45, 2.75) is 25.4 Å². The Bertz CT molecular complexity index is 408. The van der Waals surface area contributed by atoms with Gasteiger partial charge in [-0.15, -0.1) is 0 Å². The number of aliphatic hydroxyl groups is 1. The lowest BCUT2D eigenvalue weighted by Gasteiger charge is -2.47. The number of hydrogen-bond donors (Lipinski definition) is 1. The number of carbonyl (C=O) groups excluding carboxylic acids is 2.